The summed E-state index contributed by atoms with van der Waals surface area (Å²) in [4.78, 5) is 12.7. The van der Waals surface area contributed by atoms with Crippen LogP contribution in [0.1, 0.15) is 30.1 Å². The number of fused-ring (bicyclic) bond motifs is 1. The minimum atomic E-state index is 0.0835. The maximum atomic E-state index is 12.7. The van der Waals surface area contributed by atoms with Gasteiger partial charge in [0.05, 0.1) is 6.04 Å². The molecular weight excluding hydrogens is 296 g/mol. The molecule has 1 aromatic heterocycles. The molecule has 0 radical (unpaired) electrons. The van der Waals surface area contributed by atoms with Gasteiger partial charge in [-0.1, -0.05) is 48.5 Å². The minimum absolute atomic E-state index is 0.0835. The molecule has 0 spiro atoms. The van der Waals surface area contributed by atoms with Gasteiger partial charge in [-0.15, -0.1) is 0 Å². The SMILES string of the molecule is Cc1cc2ccccc2n1CC(=O)NC(c1ccccc1)C1CC1. The number of nitrogens with zero attached hydrogens (tertiary/aromatic N) is 1. The number of carbonyl (C=O) groups is 1. The van der Waals surface area contributed by atoms with Crippen LogP contribution in [0, 0.1) is 12.8 Å². The highest BCUT2D eigenvalue weighted by Crippen LogP contribution is 2.40. The zero-order chi connectivity index (χ0) is 16.5. The Hall–Kier alpha value is -2.55. The number of rotatable bonds is 5. The van der Waals surface area contributed by atoms with E-state index in [1.54, 1.807) is 0 Å². The van der Waals surface area contributed by atoms with Crippen molar-refractivity contribution in [2.45, 2.75) is 32.4 Å². The van der Waals surface area contributed by atoms with E-state index in [-0.39, 0.29) is 11.9 Å². The topological polar surface area (TPSA) is 34.0 Å². The molecule has 1 atom stereocenters. The summed E-state index contributed by atoms with van der Waals surface area (Å²) < 4.78 is 2.10. The first kappa shape index (κ1) is 15.0. The number of nitrogens with one attached hydrogen (secondary N) is 1. The van der Waals surface area contributed by atoms with Crippen molar-refractivity contribution < 1.29 is 4.79 Å². The average molecular weight is 318 g/mol. The highest BCUT2D eigenvalue weighted by Gasteiger charge is 2.33. The first-order chi connectivity index (χ1) is 11.7. The fourth-order valence-corrected chi connectivity index (χ4v) is 3.48. The zero-order valence-corrected chi connectivity index (χ0v) is 13.9. The molecule has 4 rings (SSSR count). The van der Waals surface area contributed by atoms with Gasteiger partial charge in [0.15, 0.2) is 0 Å². The van der Waals surface area contributed by atoms with Crippen LogP contribution in [0.15, 0.2) is 60.7 Å². The Bertz CT molecular complexity index is 862. The summed E-state index contributed by atoms with van der Waals surface area (Å²) in [5, 5.41) is 4.45. The van der Waals surface area contributed by atoms with Crippen LogP contribution >= 0.6 is 0 Å². The van der Waals surface area contributed by atoms with Gasteiger partial charge in [-0.25, -0.2) is 0 Å². The molecule has 1 amide bonds. The van der Waals surface area contributed by atoms with E-state index in [1.165, 1.54) is 23.8 Å². The molecular formula is C21H22N2O. The third-order valence-electron chi connectivity index (χ3n) is 4.89. The first-order valence-corrected chi connectivity index (χ1v) is 8.61. The summed E-state index contributed by atoms with van der Waals surface area (Å²) in [5.74, 6) is 0.666. The Morgan fingerprint density at radius 3 is 2.58 bits per heavy atom. The number of benzene rings is 2. The second-order valence-corrected chi connectivity index (χ2v) is 6.72. The summed E-state index contributed by atoms with van der Waals surface area (Å²) >= 11 is 0. The number of hydrogen-bond acceptors (Lipinski definition) is 1. The number of para-hydroxylation sites is 1. The van der Waals surface area contributed by atoms with Gasteiger partial charge in [-0.3, -0.25) is 4.79 Å². The molecule has 1 saturated carbocycles. The van der Waals surface area contributed by atoms with Gasteiger partial charge in [0.2, 0.25) is 5.91 Å². The molecule has 0 saturated heterocycles. The van der Waals surface area contributed by atoms with E-state index in [2.05, 4.69) is 47.1 Å². The van der Waals surface area contributed by atoms with Gasteiger partial charge >= 0.3 is 0 Å². The highest BCUT2D eigenvalue weighted by molar-refractivity contribution is 5.84. The van der Waals surface area contributed by atoms with Crippen molar-refractivity contribution in [1.29, 1.82) is 0 Å². The lowest BCUT2D eigenvalue weighted by atomic mass is 10.0. The third-order valence-corrected chi connectivity index (χ3v) is 4.89. The molecule has 1 aliphatic rings. The predicted octanol–water partition coefficient (Wildman–Crippen LogP) is 4.22. The van der Waals surface area contributed by atoms with Gasteiger partial charge in [0.25, 0.3) is 0 Å². The second-order valence-electron chi connectivity index (χ2n) is 6.72. The average Bonchev–Trinajstić information content (AvgIpc) is 3.39. The standard InChI is InChI=1S/C21H22N2O/c1-15-13-18-9-5-6-10-19(18)23(15)14-20(24)22-21(17-11-12-17)16-7-3-2-4-8-16/h2-10,13,17,21H,11-12,14H2,1H3,(H,22,24). The fourth-order valence-electron chi connectivity index (χ4n) is 3.48. The third kappa shape index (κ3) is 2.94. The van der Waals surface area contributed by atoms with Crippen LogP contribution in [-0.4, -0.2) is 10.5 Å². The van der Waals surface area contributed by atoms with Crippen molar-refractivity contribution in [2.24, 2.45) is 5.92 Å². The van der Waals surface area contributed by atoms with Gasteiger partial charge in [0, 0.05) is 11.2 Å². The number of carbonyl (C=O) groups excluding carboxylic acids is 1. The molecule has 1 N–H and O–H groups in total. The van der Waals surface area contributed by atoms with Crippen molar-refractivity contribution in [3.05, 3.63) is 71.9 Å². The van der Waals surface area contributed by atoms with Crippen LogP contribution in [0.4, 0.5) is 0 Å². The van der Waals surface area contributed by atoms with Gasteiger partial charge in [-0.2, -0.15) is 0 Å². The van der Waals surface area contributed by atoms with Gasteiger partial charge in [0.1, 0.15) is 6.54 Å². The van der Waals surface area contributed by atoms with E-state index in [0.29, 0.717) is 12.5 Å². The second kappa shape index (κ2) is 6.16. The predicted molar refractivity (Wildman–Crippen MR) is 96.7 cm³/mol. The van der Waals surface area contributed by atoms with Crippen LogP contribution in [0.3, 0.4) is 0 Å². The zero-order valence-electron chi connectivity index (χ0n) is 13.9. The maximum absolute atomic E-state index is 12.7. The van der Waals surface area contributed by atoms with Crippen molar-refractivity contribution in [3.63, 3.8) is 0 Å². The summed E-state index contributed by atoms with van der Waals surface area (Å²) in [6.07, 6.45) is 2.40. The molecule has 3 heteroatoms. The van der Waals surface area contributed by atoms with E-state index in [9.17, 15) is 4.79 Å². The fraction of sp³-hybridized carbons (Fsp3) is 0.286. The Morgan fingerprint density at radius 2 is 1.83 bits per heavy atom. The van der Waals surface area contributed by atoms with Crippen molar-refractivity contribution in [2.75, 3.05) is 0 Å². The Balaban J connectivity index is 1.54. The monoisotopic (exact) mass is 318 g/mol. The molecule has 122 valence electrons. The lowest BCUT2D eigenvalue weighted by molar-refractivity contribution is -0.122. The summed E-state index contributed by atoms with van der Waals surface area (Å²) in [6.45, 7) is 2.43. The minimum Gasteiger partial charge on any atom is -0.347 e. The van der Waals surface area contributed by atoms with Crippen LogP contribution in [0.25, 0.3) is 10.9 Å². The number of amides is 1. The molecule has 1 heterocycles. The summed E-state index contributed by atoms with van der Waals surface area (Å²) in [7, 11) is 0. The molecule has 1 aliphatic carbocycles. The molecule has 3 aromatic rings. The van der Waals surface area contributed by atoms with E-state index in [4.69, 9.17) is 0 Å². The number of hydrogen-bond donors (Lipinski definition) is 1. The lowest BCUT2D eigenvalue weighted by Gasteiger charge is -2.19. The van der Waals surface area contributed by atoms with Crippen LogP contribution < -0.4 is 5.32 Å². The van der Waals surface area contributed by atoms with E-state index < -0.39 is 0 Å². The van der Waals surface area contributed by atoms with Crippen LogP contribution in [0.2, 0.25) is 0 Å². The number of aryl methyl sites for hydroxylation is 1. The van der Waals surface area contributed by atoms with E-state index in [0.717, 1.165) is 11.2 Å². The summed E-state index contributed by atoms with van der Waals surface area (Å²) in [5.41, 5.74) is 3.45. The Labute approximate surface area is 142 Å². The van der Waals surface area contributed by atoms with Crippen LogP contribution in [-0.2, 0) is 11.3 Å². The highest BCUT2D eigenvalue weighted by atomic mass is 16.2. The molecule has 0 bridgehead atoms. The first-order valence-electron chi connectivity index (χ1n) is 8.61. The van der Waals surface area contributed by atoms with Crippen molar-refractivity contribution >= 4 is 16.8 Å². The lowest BCUT2D eigenvalue weighted by Crippen LogP contribution is -2.32. The van der Waals surface area contributed by atoms with Gasteiger partial charge in [-0.05, 0) is 48.8 Å². The van der Waals surface area contributed by atoms with Crippen molar-refractivity contribution in [3.8, 4) is 0 Å². The van der Waals surface area contributed by atoms with E-state index in [1.807, 2.05) is 30.3 Å². The molecule has 24 heavy (non-hydrogen) atoms. The molecule has 3 nitrogen and oxygen atoms in total. The van der Waals surface area contributed by atoms with Gasteiger partial charge < -0.3 is 9.88 Å². The maximum Gasteiger partial charge on any atom is 0.240 e. The Kier molecular flexibility index (Phi) is 3.85. The molecule has 2 aromatic carbocycles. The van der Waals surface area contributed by atoms with E-state index >= 15 is 0 Å². The largest absolute Gasteiger partial charge is 0.347 e. The molecule has 1 fully saturated rings. The summed E-state index contributed by atoms with van der Waals surface area (Å²) in [6, 6.07) is 20.8. The quantitative estimate of drug-likeness (QED) is 0.751. The normalized spacial score (nSPS) is 15.4. The number of aromatic nitrogens is 1. The molecule has 1 unspecified atom stereocenters. The Morgan fingerprint density at radius 1 is 1.12 bits per heavy atom. The van der Waals surface area contributed by atoms with Crippen LogP contribution in [0.5, 0.6) is 0 Å². The smallest absolute Gasteiger partial charge is 0.240 e. The molecule has 0 aliphatic heterocycles. The van der Waals surface area contributed by atoms with Crippen molar-refractivity contribution in [1.82, 2.24) is 9.88 Å².